The summed E-state index contributed by atoms with van der Waals surface area (Å²) in [6.45, 7) is 5.30. The summed E-state index contributed by atoms with van der Waals surface area (Å²) in [4.78, 5) is 4.22. The van der Waals surface area contributed by atoms with Crippen molar-refractivity contribution in [1.29, 1.82) is 0 Å². The Balaban J connectivity index is 2.48. The molecular weight excluding hydrogens is 282 g/mol. The molecule has 5 nitrogen and oxygen atoms in total. The summed E-state index contributed by atoms with van der Waals surface area (Å²) < 4.78 is 27.2. The number of nitrogens with one attached hydrogen (secondary N) is 1. The highest BCUT2D eigenvalue weighted by Gasteiger charge is 2.22. The number of hydrogen-bond acceptors (Lipinski definition) is 5. The predicted octanol–water partition coefficient (Wildman–Crippen LogP) is 2.45. The third kappa shape index (κ3) is 2.71. The second-order valence-electron chi connectivity index (χ2n) is 4.34. The third-order valence-corrected chi connectivity index (χ3v) is 5.27. The van der Waals surface area contributed by atoms with E-state index < -0.39 is 10.0 Å². The Kier molecular flexibility index (Phi) is 3.51. The van der Waals surface area contributed by atoms with E-state index in [2.05, 4.69) is 9.71 Å². The molecule has 0 spiro atoms. The van der Waals surface area contributed by atoms with Gasteiger partial charge >= 0.3 is 0 Å². The van der Waals surface area contributed by atoms with Crippen molar-refractivity contribution in [2.24, 2.45) is 0 Å². The minimum absolute atomic E-state index is 0.125. The van der Waals surface area contributed by atoms with E-state index in [0.717, 1.165) is 11.3 Å². The van der Waals surface area contributed by atoms with Crippen molar-refractivity contribution in [3.8, 4) is 0 Å². The van der Waals surface area contributed by atoms with Gasteiger partial charge in [0, 0.05) is 5.38 Å². The highest BCUT2D eigenvalue weighted by molar-refractivity contribution is 7.93. The number of anilines is 2. The monoisotopic (exact) mass is 297 g/mol. The van der Waals surface area contributed by atoms with E-state index in [1.165, 1.54) is 11.3 Å². The van der Waals surface area contributed by atoms with Crippen LogP contribution in [0.1, 0.15) is 16.8 Å². The van der Waals surface area contributed by atoms with Crippen molar-refractivity contribution in [1.82, 2.24) is 4.98 Å². The summed E-state index contributed by atoms with van der Waals surface area (Å²) in [6.07, 6.45) is 0. The number of nitrogens with two attached hydrogens (primary N) is 1. The van der Waals surface area contributed by atoms with Crippen LogP contribution in [-0.2, 0) is 10.0 Å². The van der Waals surface area contributed by atoms with Crippen molar-refractivity contribution >= 4 is 32.2 Å². The summed E-state index contributed by atoms with van der Waals surface area (Å²) in [6, 6.07) is 3.55. The molecule has 0 saturated carbocycles. The van der Waals surface area contributed by atoms with Gasteiger partial charge in [-0.05, 0) is 31.9 Å². The first-order valence-electron chi connectivity index (χ1n) is 5.62. The fourth-order valence-electron chi connectivity index (χ4n) is 1.73. The van der Waals surface area contributed by atoms with Crippen molar-refractivity contribution in [2.45, 2.75) is 25.7 Å². The van der Waals surface area contributed by atoms with Gasteiger partial charge in [-0.3, -0.25) is 4.72 Å². The van der Waals surface area contributed by atoms with Gasteiger partial charge in [0.2, 0.25) is 0 Å². The number of benzene rings is 1. The Morgan fingerprint density at radius 1 is 1.21 bits per heavy atom. The van der Waals surface area contributed by atoms with Crippen molar-refractivity contribution in [2.75, 3.05) is 10.5 Å². The van der Waals surface area contributed by atoms with Crippen LogP contribution in [0.25, 0.3) is 0 Å². The standard InChI is InChI=1S/C12H15N3O2S2/c1-7-4-5-8(2)11(10(7)13)19(16,17)15-12-14-9(3)6-18-12/h4-6H,13H2,1-3H3,(H,14,15). The van der Waals surface area contributed by atoms with E-state index in [0.29, 0.717) is 10.7 Å². The van der Waals surface area contributed by atoms with E-state index in [-0.39, 0.29) is 10.6 Å². The Labute approximate surface area is 116 Å². The molecule has 0 bridgehead atoms. The van der Waals surface area contributed by atoms with Crippen LogP contribution < -0.4 is 10.5 Å². The summed E-state index contributed by atoms with van der Waals surface area (Å²) in [5.74, 6) is 0. The predicted molar refractivity (Wildman–Crippen MR) is 78.0 cm³/mol. The SMILES string of the molecule is Cc1csc(NS(=O)(=O)c2c(C)ccc(C)c2N)n1. The van der Waals surface area contributed by atoms with Crippen molar-refractivity contribution < 1.29 is 8.42 Å². The first-order chi connectivity index (χ1) is 8.81. The second-order valence-corrected chi connectivity index (χ2v) is 6.82. The number of sulfonamides is 1. The van der Waals surface area contributed by atoms with Crippen LogP contribution in [0.3, 0.4) is 0 Å². The molecule has 2 aromatic rings. The summed E-state index contributed by atoms with van der Waals surface area (Å²) >= 11 is 1.24. The van der Waals surface area contributed by atoms with Gasteiger partial charge in [0.1, 0.15) is 4.90 Å². The lowest BCUT2D eigenvalue weighted by Crippen LogP contribution is -2.16. The molecular formula is C12H15N3O2S2. The number of rotatable bonds is 3. The van der Waals surface area contributed by atoms with Crippen molar-refractivity contribution in [3.63, 3.8) is 0 Å². The molecule has 1 aromatic carbocycles. The summed E-state index contributed by atoms with van der Waals surface area (Å²) in [5.41, 5.74) is 8.30. The van der Waals surface area contributed by atoms with Crippen LogP contribution >= 0.6 is 11.3 Å². The van der Waals surface area contributed by atoms with Gasteiger partial charge < -0.3 is 5.73 Å². The zero-order valence-corrected chi connectivity index (χ0v) is 12.5. The number of nitrogens with zero attached hydrogens (tertiary/aromatic N) is 1. The molecule has 3 N–H and O–H groups in total. The first-order valence-corrected chi connectivity index (χ1v) is 7.98. The van der Waals surface area contributed by atoms with Gasteiger partial charge in [0.15, 0.2) is 5.13 Å². The van der Waals surface area contributed by atoms with Crippen LogP contribution in [-0.4, -0.2) is 13.4 Å². The third-order valence-electron chi connectivity index (χ3n) is 2.72. The number of thiazole rings is 1. The molecule has 2 rings (SSSR count). The number of nitrogen functional groups attached to an aromatic ring is 1. The molecule has 0 aliphatic heterocycles. The van der Waals surface area contributed by atoms with Gasteiger partial charge in [0.05, 0.1) is 11.4 Å². The van der Waals surface area contributed by atoms with Crippen molar-refractivity contribution in [3.05, 3.63) is 34.3 Å². The maximum absolute atomic E-state index is 12.4. The van der Waals surface area contributed by atoms with Crippen LogP contribution in [0.4, 0.5) is 10.8 Å². The lowest BCUT2D eigenvalue weighted by molar-refractivity contribution is 0.601. The molecule has 1 aromatic heterocycles. The smallest absolute Gasteiger partial charge is 0.265 e. The van der Waals surface area contributed by atoms with Crippen LogP contribution in [0.15, 0.2) is 22.4 Å². The quantitative estimate of drug-likeness (QED) is 0.852. The topological polar surface area (TPSA) is 85.1 Å². The molecule has 0 radical (unpaired) electrons. The fourth-order valence-corrected chi connectivity index (χ4v) is 4.10. The van der Waals surface area contributed by atoms with E-state index in [1.54, 1.807) is 38.3 Å². The lowest BCUT2D eigenvalue weighted by Gasteiger charge is -2.12. The van der Waals surface area contributed by atoms with Gasteiger partial charge in [-0.2, -0.15) is 0 Å². The van der Waals surface area contributed by atoms with Gasteiger partial charge in [-0.25, -0.2) is 13.4 Å². The number of hydrogen-bond donors (Lipinski definition) is 2. The minimum atomic E-state index is -3.71. The molecule has 19 heavy (non-hydrogen) atoms. The molecule has 0 fully saturated rings. The fraction of sp³-hybridized carbons (Fsp3) is 0.250. The molecule has 7 heteroatoms. The minimum Gasteiger partial charge on any atom is -0.397 e. The molecule has 0 unspecified atom stereocenters. The van der Waals surface area contributed by atoms with E-state index in [9.17, 15) is 8.42 Å². The van der Waals surface area contributed by atoms with Crippen LogP contribution in [0.2, 0.25) is 0 Å². The summed E-state index contributed by atoms with van der Waals surface area (Å²) in [7, 11) is -3.71. The van der Waals surface area contributed by atoms with Crippen LogP contribution in [0.5, 0.6) is 0 Å². The molecule has 0 saturated heterocycles. The van der Waals surface area contributed by atoms with Crippen LogP contribution in [0, 0.1) is 20.8 Å². The maximum atomic E-state index is 12.4. The van der Waals surface area contributed by atoms with E-state index in [1.807, 2.05) is 0 Å². The molecule has 1 heterocycles. The molecule has 0 amide bonds. The van der Waals surface area contributed by atoms with Gasteiger partial charge in [-0.1, -0.05) is 12.1 Å². The average molecular weight is 297 g/mol. The Bertz CT molecular complexity index is 721. The normalized spacial score (nSPS) is 11.5. The molecule has 0 atom stereocenters. The highest BCUT2D eigenvalue weighted by atomic mass is 32.2. The van der Waals surface area contributed by atoms with Gasteiger partial charge in [-0.15, -0.1) is 11.3 Å². The maximum Gasteiger partial charge on any atom is 0.265 e. The van der Waals surface area contributed by atoms with E-state index in [4.69, 9.17) is 5.73 Å². The summed E-state index contributed by atoms with van der Waals surface area (Å²) in [5, 5.41) is 2.13. The molecule has 0 aliphatic carbocycles. The first kappa shape index (κ1) is 13.8. The van der Waals surface area contributed by atoms with Gasteiger partial charge in [0.25, 0.3) is 10.0 Å². The number of aryl methyl sites for hydroxylation is 3. The highest BCUT2D eigenvalue weighted by Crippen LogP contribution is 2.28. The second kappa shape index (κ2) is 4.82. The Morgan fingerprint density at radius 3 is 2.42 bits per heavy atom. The average Bonchev–Trinajstić information content (AvgIpc) is 2.68. The zero-order valence-electron chi connectivity index (χ0n) is 10.9. The number of aromatic nitrogens is 1. The molecule has 102 valence electrons. The zero-order chi connectivity index (χ0) is 14.2. The Morgan fingerprint density at radius 2 is 1.84 bits per heavy atom. The Hall–Kier alpha value is -1.60. The van der Waals surface area contributed by atoms with E-state index >= 15 is 0 Å². The largest absolute Gasteiger partial charge is 0.397 e. The molecule has 0 aliphatic rings. The lowest BCUT2D eigenvalue weighted by atomic mass is 10.1.